The summed E-state index contributed by atoms with van der Waals surface area (Å²) in [7, 11) is 0. The Bertz CT molecular complexity index is 3140. The fraction of sp³-hybridized carbons (Fsp3) is 0.0526. The van der Waals surface area contributed by atoms with Gasteiger partial charge in [-0.15, -0.1) is 0 Å². The lowest BCUT2D eigenvalue weighted by Gasteiger charge is -2.31. The summed E-state index contributed by atoms with van der Waals surface area (Å²) in [4.78, 5) is 2.50. The quantitative estimate of drug-likeness (QED) is 0.157. The van der Waals surface area contributed by atoms with E-state index in [0.29, 0.717) is 0 Å². The van der Waals surface area contributed by atoms with Gasteiger partial charge in [0.15, 0.2) is 0 Å². The van der Waals surface area contributed by atoms with Crippen LogP contribution < -0.4 is 4.90 Å². The maximum atomic E-state index is 2.50. The van der Waals surface area contributed by atoms with E-state index in [9.17, 15) is 0 Å². The lowest BCUT2D eigenvalue weighted by atomic mass is 9.82. The first kappa shape index (κ1) is 34.8. The summed E-state index contributed by atoms with van der Waals surface area (Å²) < 4.78 is 2.45. The van der Waals surface area contributed by atoms with Crippen LogP contribution in [0.4, 0.5) is 17.1 Å². The largest absolute Gasteiger partial charge is 0.308 e. The van der Waals surface area contributed by atoms with Gasteiger partial charge in [0.05, 0.1) is 28.1 Å². The monoisotopic (exact) mass is 754 g/mol. The van der Waals surface area contributed by atoms with E-state index in [0.717, 1.165) is 22.7 Å². The van der Waals surface area contributed by atoms with E-state index < -0.39 is 0 Å². The van der Waals surface area contributed by atoms with Gasteiger partial charge in [-0.1, -0.05) is 190 Å². The van der Waals surface area contributed by atoms with Gasteiger partial charge >= 0.3 is 0 Å². The number of nitrogens with zero attached hydrogens (tertiary/aromatic N) is 2. The molecule has 0 N–H and O–H groups in total. The second-order valence-corrected chi connectivity index (χ2v) is 16.1. The van der Waals surface area contributed by atoms with Crippen LogP contribution >= 0.6 is 0 Å². The highest BCUT2D eigenvalue weighted by atomic mass is 15.2. The Morgan fingerprint density at radius 1 is 0.373 bits per heavy atom. The summed E-state index contributed by atoms with van der Waals surface area (Å²) in [6.07, 6.45) is 0. The van der Waals surface area contributed by atoms with Crippen LogP contribution in [0.2, 0.25) is 0 Å². The molecule has 0 atom stereocenters. The summed E-state index contributed by atoms with van der Waals surface area (Å²) in [6, 6.07) is 79.9. The highest BCUT2D eigenvalue weighted by Crippen LogP contribution is 2.54. The van der Waals surface area contributed by atoms with E-state index >= 15 is 0 Å². The van der Waals surface area contributed by atoms with Crippen molar-refractivity contribution in [2.24, 2.45) is 0 Å². The molecule has 0 saturated carbocycles. The number of anilines is 3. The number of para-hydroxylation sites is 5. The van der Waals surface area contributed by atoms with E-state index in [2.05, 4.69) is 242 Å². The molecule has 1 aliphatic rings. The third-order valence-corrected chi connectivity index (χ3v) is 12.4. The molecule has 9 aromatic carbocycles. The van der Waals surface area contributed by atoms with E-state index in [1.807, 2.05) is 0 Å². The van der Waals surface area contributed by atoms with E-state index in [-0.39, 0.29) is 5.41 Å². The van der Waals surface area contributed by atoms with Crippen molar-refractivity contribution in [3.63, 3.8) is 0 Å². The second-order valence-electron chi connectivity index (χ2n) is 16.1. The molecule has 0 bridgehead atoms. The highest BCUT2D eigenvalue weighted by molar-refractivity contribution is 6.10. The average Bonchev–Trinajstić information content (AvgIpc) is 3.76. The van der Waals surface area contributed by atoms with Crippen LogP contribution in [0.25, 0.3) is 72.0 Å². The highest BCUT2D eigenvalue weighted by Gasteiger charge is 2.37. The predicted molar refractivity (Wildman–Crippen MR) is 249 cm³/mol. The van der Waals surface area contributed by atoms with E-state index in [4.69, 9.17) is 0 Å². The van der Waals surface area contributed by atoms with Gasteiger partial charge in [0.2, 0.25) is 0 Å². The minimum Gasteiger partial charge on any atom is -0.308 e. The summed E-state index contributed by atoms with van der Waals surface area (Å²) in [5, 5.41) is 2.48. The molecule has 11 rings (SSSR count). The summed E-state index contributed by atoms with van der Waals surface area (Å²) in [5.74, 6) is 0. The lowest BCUT2D eigenvalue weighted by Crippen LogP contribution is -2.15. The smallest absolute Gasteiger partial charge is 0.0702 e. The Kier molecular flexibility index (Phi) is 8.20. The standard InChI is InChI=1S/C57H42N2/c1-57(2)49-29-13-9-27-47(49)56-46(28-19-30-50(56)57)45-26-12-14-31-51(45)58(41-36-37-42(39-20-5-3-6-21-39)48(38-41)40-22-7-4-8-23-40)54-34-17-18-35-55(54)59-52-32-15-10-24-43(52)44-25-11-16-33-53(44)59/h3-38H,1-2H3. The third-order valence-electron chi connectivity index (χ3n) is 12.4. The number of aromatic nitrogens is 1. The van der Waals surface area contributed by atoms with Crippen molar-refractivity contribution < 1.29 is 0 Å². The maximum absolute atomic E-state index is 2.50. The van der Waals surface area contributed by atoms with Crippen molar-refractivity contribution in [1.82, 2.24) is 4.57 Å². The Morgan fingerprint density at radius 2 is 0.898 bits per heavy atom. The van der Waals surface area contributed by atoms with Crippen molar-refractivity contribution in [1.29, 1.82) is 0 Å². The van der Waals surface area contributed by atoms with Crippen LogP contribution in [-0.4, -0.2) is 4.57 Å². The van der Waals surface area contributed by atoms with Crippen LogP contribution in [0.5, 0.6) is 0 Å². The molecule has 0 fully saturated rings. The summed E-state index contributed by atoms with van der Waals surface area (Å²) >= 11 is 0. The molecule has 0 saturated heterocycles. The zero-order chi connectivity index (χ0) is 39.5. The maximum Gasteiger partial charge on any atom is 0.0702 e. The van der Waals surface area contributed by atoms with Crippen molar-refractivity contribution in [2.45, 2.75) is 19.3 Å². The zero-order valence-electron chi connectivity index (χ0n) is 33.2. The SMILES string of the molecule is CC1(C)c2ccccc2-c2c(-c3ccccc3N(c3ccc(-c4ccccc4)c(-c4ccccc4)c3)c3ccccc3-n3c4ccccc4c4ccccc43)cccc21. The van der Waals surface area contributed by atoms with Gasteiger partial charge in [0.25, 0.3) is 0 Å². The molecule has 10 aromatic rings. The molecule has 59 heavy (non-hydrogen) atoms. The fourth-order valence-corrected chi connectivity index (χ4v) is 9.71. The molecule has 2 heteroatoms. The van der Waals surface area contributed by atoms with Crippen molar-refractivity contribution in [3.8, 4) is 50.2 Å². The van der Waals surface area contributed by atoms with Crippen molar-refractivity contribution in [2.75, 3.05) is 4.90 Å². The fourth-order valence-electron chi connectivity index (χ4n) is 9.71. The third kappa shape index (κ3) is 5.56. The molecule has 1 aromatic heterocycles. The molecule has 0 aliphatic heterocycles. The Hall–Kier alpha value is -7.42. The van der Waals surface area contributed by atoms with Crippen molar-refractivity contribution in [3.05, 3.63) is 230 Å². The van der Waals surface area contributed by atoms with E-state index in [1.165, 1.54) is 77.4 Å². The minimum atomic E-state index is -0.114. The van der Waals surface area contributed by atoms with Crippen LogP contribution in [0.3, 0.4) is 0 Å². The number of benzene rings is 9. The first-order chi connectivity index (χ1) is 29.1. The van der Waals surface area contributed by atoms with Gasteiger partial charge in [-0.25, -0.2) is 0 Å². The number of fused-ring (bicyclic) bond motifs is 6. The average molecular weight is 755 g/mol. The van der Waals surface area contributed by atoms with Gasteiger partial charge in [-0.2, -0.15) is 0 Å². The molecule has 0 radical (unpaired) electrons. The molecule has 280 valence electrons. The topological polar surface area (TPSA) is 8.17 Å². The zero-order valence-corrected chi connectivity index (χ0v) is 33.2. The number of hydrogen-bond acceptors (Lipinski definition) is 1. The van der Waals surface area contributed by atoms with Crippen LogP contribution in [0, 0.1) is 0 Å². The lowest BCUT2D eigenvalue weighted by molar-refractivity contribution is 0.660. The summed E-state index contributed by atoms with van der Waals surface area (Å²) in [5.41, 5.74) is 19.2. The van der Waals surface area contributed by atoms with Gasteiger partial charge < -0.3 is 9.47 Å². The Labute approximate surface area is 345 Å². The normalized spacial score (nSPS) is 12.7. The van der Waals surface area contributed by atoms with Crippen molar-refractivity contribution >= 4 is 38.9 Å². The molecule has 1 aliphatic carbocycles. The predicted octanol–water partition coefficient (Wildman–Crippen LogP) is 15.6. The minimum absolute atomic E-state index is 0.114. The van der Waals surface area contributed by atoms with Crippen LogP contribution in [0.1, 0.15) is 25.0 Å². The summed E-state index contributed by atoms with van der Waals surface area (Å²) in [6.45, 7) is 4.72. The van der Waals surface area contributed by atoms with Gasteiger partial charge in [0.1, 0.15) is 0 Å². The van der Waals surface area contributed by atoms with Crippen LogP contribution in [0.15, 0.2) is 218 Å². The van der Waals surface area contributed by atoms with Gasteiger partial charge in [-0.05, 0) is 92.5 Å². The number of hydrogen-bond donors (Lipinski definition) is 0. The van der Waals surface area contributed by atoms with Gasteiger partial charge in [0, 0.05) is 27.4 Å². The van der Waals surface area contributed by atoms with E-state index in [1.54, 1.807) is 0 Å². The molecule has 0 amide bonds. The first-order valence-electron chi connectivity index (χ1n) is 20.5. The Balaban J connectivity index is 1.22. The molecule has 0 spiro atoms. The molecule has 0 unspecified atom stereocenters. The van der Waals surface area contributed by atoms with Gasteiger partial charge in [-0.3, -0.25) is 0 Å². The first-order valence-corrected chi connectivity index (χ1v) is 20.5. The number of rotatable bonds is 7. The van der Waals surface area contributed by atoms with Crippen LogP contribution in [-0.2, 0) is 5.41 Å². The Morgan fingerprint density at radius 3 is 1.61 bits per heavy atom. The molecular weight excluding hydrogens is 713 g/mol. The molecular formula is C57H42N2. The molecule has 2 nitrogen and oxygen atoms in total. The molecule has 1 heterocycles. The second kappa shape index (κ2) is 13.9.